The molecule has 0 unspecified atom stereocenters. The van der Waals surface area contributed by atoms with Crippen LogP contribution in [0.5, 0.6) is 0 Å². The minimum absolute atomic E-state index is 0.112. The van der Waals surface area contributed by atoms with Crippen molar-refractivity contribution in [2.75, 3.05) is 7.11 Å². The van der Waals surface area contributed by atoms with Crippen LogP contribution in [0.2, 0.25) is 0 Å². The number of methoxy groups -OCH3 is 1. The number of hydrogen-bond acceptors (Lipinski definition) is 3. The third-order valence-electron chi connectivity index (χ3n) is 4.04. The van der Waals surface area contributed by atoms with E-state index in [2.05, 4.69) is 0 Å². The van der Waals surface area contributed by atoms with Crippen molar-refractivity contribution in [1.29, 1.82) is 0 Å². The first-order chi connectivity index (χ1) is 7.21. The van der Waals surface area contributed by atoms with Gasteiger partial charge in [-0.2, -0.15) is 0 Å². The van der Waals surface area contributed by atoms with E-state index in [9.17, 15) is 9.59 Å². The molecule has 16 heavy (non-hydrogen) atoms. The molecule has 0 aliphatic heterocycles. The van der Waals surface area contributed by atoms with Crippen LogP contribution in [0.25, 0.3) is 0 Å². The fraction of sp³-hybridized carbons (Fsp3) is 0.846. The number of rotatable bonds is 2. The lowest BCUT2D eigenvalue weighted by Crippen LogP contribution is -2.41. The standard InChI is InChI=1S/C13H22O3/c1-12(2)7-6-9(8-10(12)14)13(3,4)11(15)16-5/h9H,6-8H2,1-5H3/t9-/m0/s1. The summed E-state index contributed by atoms with van der Waals surface area (Å²) in [4.78, 5) is 23.6. The summed E-state index contributed by atoms with van der Waals surface area (Å²) in [6.45, 7) is 7.71. The second kappa shape index (κ2) is 4.19. The molecule has 0 spiro atoms. The molecule has 1 atom stereocenters. The Hall–Kier alpha value is -0.860. The van der Waals surface area contributed by atoms with E-state index in [1.165, 1.54) is 7.11 Å². The summed E-state index contributed by atoms with van der Waals surface area (Å²) in [6.07, 6.45) is 2.27. The number of carbonyl (C=O) groups excluding carboxylic acids is 2. The van der Waals surface area contributed by atoms with Gasteiger partial charge in [0.05, 0.1) is 12.5 Å². The van der Waals surface area contributed by atoms with E-state index in [0.29, 0.717) is 6.42 Å². The Kier molecular flexibility index (Phi) is 3.46. The summed E-state index contributed by atoms with van der Waals surface area (Å²) in [5.74, 6) is 0.159. The lowest BCUT2D eigenvalue weighted by atomic mass is 9.64. The van der Waals surface area contributed by atoms with E-state index in [-0.39, 0.29) is 23.1 Å². The van der Waals surface area contributed by atoms with Crippen LogP contribution in [-0.4, -0.2) is 18.9 Å². The number of ether oxygens (including phenoxy) is 1. The molecule has 3 heteroatoms. The Morgan fingerprint density at radius 2 is 2.00 bits per heavy atom. The molecule has 1 rings (SSSR count). The maximum absolute atomic E-state index is 11.9. The summed E-state index contributed by atoms with van der Waals surface area (Å²) < 4.78 is 4.81. The molecule has 0 heterocycles. The van der Waals surface area contributed by atoms with E-state index in [1.807, 2.05) is 27.7 Å². The largest absolute Gasteiger partial charge is 0.469 e. The van der Waals surface area contributed by atoms with Crippen molar-refractivity contribution in [1.82, 2.24) is 0 Å². The zero-order valence-electron chi connectivity index (χ0n) is 10.9. The lowest BCUT2D eigenvalue weighted by Gasteiger charge is -2.39. The van der Waals surface area contributed by atoms with Crippen molar-refractivity contribution in [3.05, 3.63) is 0 Å². The van der Waals surface area contributed by atoms with Gasteiger partial charge < -0.3 is 4.74 Å². The first-order valence-electron chi connectivity index (χ1n) is 5.83. The Morgan fingerprint density at radius 3 is 2.44 bits per heavy atom. The summed E-state index contributed by atoms with van der Waals surface area (Å²) >= 11 is 0. The lowest BCUT2D eigenvalue weighted by molar-refractivity contribution is -0.156. The van der Waals surface area contributed by atoms with E-state index >= 15 is 0 Å². The maximum Gasteiger partial charge on any atom is 0.311 e. The molecule has 3 nitrogen and oxygen atoms in total. The molecule has 92 valence electrons. The molecule has 0 aromatic carbocycles. The highest BCUT2D eigenvalue weighted by molar-refractivity contribution is 5.86. The summed E-state index contributed by atoms with van der Waals surface area (Å²) in [5, 5.41) is 0. The Labute approximate surface area is 97.5 Å². The Bertz CT molecular complexity index is 302. The topological polar surface area (TPSA) is 43.4 Å². The van der Waals surface area contributed by atoms with Crippen LogP contribution >= 0.6 is 0 Å². The van der Waals surface area contributed by atoms with Crippen LogP contribution in [0.15, 0.2) is 0 Å². The van der Waals surface area contributed by atoms with Crippen molar-refractivity contribution in [3.8, 4) is 0 Å². The number of carbonyl (C=O) groups is 2. The average molecular weight is 226 g/mol. The van der Waals surface area contributed by atoms with Crippen LogP contribution in [-0.2, 0) is 14.3 Å². The van der Waals surface area contributed by atoms with Gasteiger partial charge in [0, 0.05) is 11.8 Å². The normalized spacial score (nSPS) is 25.3. The second-order valence-corrected chi connectivity index (χ2v) is 5.96. The molecule has 1 aliphatic rings. The first kappa shape index (κ1) is 13.2. The highest BCUT2D eigenvalue weighted by Crippen LogP contribution is 2.43. The van der Waals surface area contributed by atoms with E-state index in [0.717, 1.165) is 12.8 Å². The fourth-order valence-corrected chi connectivity index (χ4v) is 2.32. The quantitative estimate of drug-likeness (QED) is 0.680. The molecule has 0 aromatic heterocycles. The molecule has 1 saturated carbocycles. The first-order valence-corrected chi connectivity index (χ1v) is 5.83. The molecule has 0 bridgehead atoms. The van der Waals surface area contributed by atoms with Crippen molar-refractivity contribution >= 4 is 11.8 Å². The summed E-state index contributed by atoms with van der Waals surface area (Å²) in [6, 6.07) is 0. The van der Waals surface area contributed by atoms with Gasteiger partial charge in [-0.3, -0.25) is 9.59 Å². The van der Waals surface area contributed by atoms with Gasteiger partial charge in [0.1, 0.15) is 5.78 Å². The molecular weight excluding hydrogens is 204 g/mol. The van der Waals surface area contributed by atoms with E-state index in [1.54, 1.807) is 0 Å². The fourth-order valence-electron chi connectivity index (χ4n) is 2.32. The zero-order chi connectivity index (χ0) is 12.6. The van der Waals surface area contributed by atoms with E-state index in [4.69, 9.17) is 4.74 Å². The van der Waals surface area contributed by atoms with E-state index < -0.39 is 5.41 Å². The van der Waals surface area contributed by atoms with Crippen molar-refractivity contribution in [2.45, 2.75) is 47.0 Å². The van der Waals surface area contributed by atoms with Crippen LogP contribution in [0.4, 0.5) is 0 Å². The number of ketones is 1. The van der Waals surface area contributed by atoms with Gasteiger partial charge in [0.2, 0.25) is 0 Å². The molecule has 0 saturated heterocycles. The predicted molar refractivity (Wildman–Crippen MR) is 61.9 cm³/mol. The Balaban J connectivity index is 2.79. The Morgan fingerprint density at radius 1 is 1.44 bits per heavy atom. The molecular formula is C13H22O3. The van der Waals surface area contributed by atoms with Gasteiger partial charge in [0.25, 0.3) is 0 Å². The van der Waals surface area contributed by atoms with Gasteiger partial charge in [0.15, 0.2) is 0 Å². The van der Waals surface area contributed by atoms with Crippen LogP contribution < -0.4 is 0 Å². The van der Waals surface area contributed by atoms with Crippen LogP contribution in [0, 0.1) is 16.7 Å². The van der Waals surface area contributed by atoms with Crippen molar-refractivity contribution in [2.24, 2.45) is 16.7 Å². The van der Waals surface area contributed by atoms with Crippen molar-refractivity contribution in [3.63, 3.8) is 0 Å². The minimum Gasteiger partial charge on any atom is -0.469 e. The SMILES string of the molecule is COC(=O)C(C)(C)[C@H]1CCC(C)(C)C(=O)C1. The second-order valence-electron chi connectivity index (χ2n) is 5.96. The highest BCUT2D eigenvalue weighted by atomic mass is 16.5. The molecule has 0 aromatic rings. The summed E-state index contributed by atoms with van der Waals surface area (Å²) in [5.41, 5.74) is -0.774. The predicted octanol–water partition coefficient (Wildman–Crippen LogP) is 2.58. The monoisotopic (exact) mass is 226 g/mol. The van der Waals surface area contributed by atoms with Gasteiger partial charge in [-0.05, 0) is 32.6 Å². The van der Waals surface area contributed by atoms with Gasteiger partial charge >= 0.3 is 5.97 Å². The smallest absolute Gasteiger partial charge is 0.311 e. The summed E-state index contributed by atoms with van der Waals surface area (Å²) in [7, 11) is 1.40. The third kappa shape index (κ3) is 2.28. The molecule has 1 fully saturated rings. The number of Topliss-reactive ketones (excluding diaryl/α,β-unsaturated/α-hetero) is 1. The van der Waals surface area contributed by atoms with Gasteiger partial charge in [-0.15, -0.1) is 0 Å². The van der Waals surface area contributed by atoms with Gasteiger partial charge in [-0.25, -0.2) is 0 Å². The minimum atomic E-state index is -0.555. The van der Waals surface area contributed by atoms with Gasteiger partial charge in [-0.1, -0.05) is 13.8 Å². The highest BCUT2D eigenvalue weighted by Gasteiger charge is 2.44. The van der Waals surface area contributed by atoms with Crippen molar-refractivity contribution < 1.29 is 14.3 Å². The zero-order valence-corrected chi connectivity index (χ0v) is 10.9. The molecule has 0 radical (unpaired) electrons. The molecule has 1 aliphatic carbocycles. The molecule has 0 N–H and O–H groups in total. The number of esters is 1. The maximum atomic E-state index is 11.9. The van der Waals surface area contributed by atoms with Crippen LogP contribution in [0.3, 0.4) is 0 Å². The number of hydrogen-bond donors (Lipinski definition) is 0. The molecule has 0 amide bonds. The third-order valence-corrected chi connectivity index (χ3v) is 4.04. The van der Waals surface area contributed by atoms with Crippen LogP contribution in [0.1, 0.15) is 47.0 Å². The average Bonchev–Trinajstić information content (AvgIpc) is 2.20.